The Kier molecular flexibility index (Phi) is 3.25. The van der Waals surface area contributed by atoms with Crippen LogP contribution in [-0.4, -0.2) is 12.2 Å². The molecule has 0 heterocycles. The quantitative estimate of drug-likeness (QED) is 0.764. The Morgan fingerprint density at radius 2 is 2.14 bits per heavy atom. The van der Waals surface area contributed by atoms with Crippen molar-refractivity contribution in [3.63, 3.8) is 0 Å². The predicted octanol–water partition coefficient (Wildman–Crippen LogP) is 2.42. The van der Waals surface area contributed by atoms with E-state index < -0.39 is 0 Å². The minimum atomic E-state index is -0.193. The summed E-state index contributed by atoms with van der Waals surface area (Å²) in [4.78, 5) is 21.4. The molecule has 14 heavy (non-hydrogen) atoms. The lowest BCUT2D eigenvalue weighted by Gasteiger charge is -2.06. The van der Waals surface area contributed by atoms with E-state index in [-0.39, 0.29) is 5.91 Å². The van der Waals surface area contributed by atoms with Gasteiger partial charge in [0.2, 0.25) is 5.91 Å². The van der Waals surface area contributed by atoms with Gasteiger partial charge in [-0.2, -0.15) is 0 Å². The average molecular weight is 212 g/mol. The van der Waals surface area contributed by atoms with Crippen LogP contribution in [0.5, 0.6) is 0 Å². The predicted molar refractivity (Wildman–Crippen MR) is 55.9 cm³/mol. The van der Waals surface area contributed by atoms with Gasteiger partial charge in [-0.3, -0.25) is 9.59 Å². The van der Waals surface area contributed by atoms with Crippen molar-refractivity contribution in [1.29, 1.82) is 0 Å². The molecule has 0 saturated carbocycles. The fraction of sp³-hybridized carbons (Fsp3) is 0.200. The van der Waals surface area contributed by atoms with Gasteiger partial charge < -0.3 is 5.32 Å². The SMILES string of the molecule is CC(=O)Nc1cc(Cl)c(C)c(C=O)c1. The van der Waals surface area contributed by atoms with E-state index in [0.29, 0.717) is 22.6 Å². The molecule has 0 atom stereocenters. The van der Waals surface area contributed by atoms with Crippen LogP contribution in [0.2, 0.25) is 5.02 Å². The third-order valence-electron chi connectivity index (χ3n) is 1.83. The number of benzene rings is 1. The second-order valence-electron chi connectivity index (χ2n) is 2.97. The molecule has 0 spiro atoms. The van der Waals surface area contributed by atoms with Gasteiger partial charge in [0.15, 0.2) is 0 Å². The van der Waals surface area contributed by atoms with Crippen LogP contribution in [0.1, 0.15) is 22.8 Å². The smallest absolute Gasteiger partial charge is 0.221 e. The Labute approximate surface area is 87.1 Å². The number of carbonyl (C=O) groups excluding carboxylic acids is 2. The highest BCUT2D eigenvalue weighted by Crippen LogP contribution is 2.23. The normalized spacial score (nSPS) is 9.64. The largest absolute Gasteiger partial charge is 0.326 e. The number of anilines is 1. The van der Waals surface area contributed by atoms with Crippen molar-refractivity contribution < 1.29 is 9.59 Å². The summed E-state index contributed by atoms with van der Waals surface area (Å²) in [7, 11) is 0. The Hall–Kier alpha value is -1.35. The van der Waals surface area contributed by atoms with Crippen molar-refractivity contribution in [2.75, 3.05) is 5.32 Å². The zero-order chi connectivity index (χ0) is 10.7. The van der Waals surface area contributed by atoms with Crippen LogP contribution in [-0.2, 0) is 4.79 Å². The number of amides is 1. The number of nitrogens with one attached hydrogen (secondary N) is 1. The second kappa shape index (κ2) is 4.24. The molecule has 0 bridgehead atoms. The number of hydrogen-bond donors (Lipinski definition) is 1. The highest BCUT2D eigenvalue weighted by atomic mass is 35.5. The summed E-state index contributed by atoms with van der Waals surface area (Å²) in [6.45, 7) is 3.15. The molecule has 0 radical (unpaired) electrons. The molecule has 4 heteroatoms. The van der Waals surface area contributed by atoms with Crippen LogP contribution >= 0.6 is 11.6 Å². The Balaban J connectivity index is 3.15. The molecular weight excluding hydrogens is 202 g/mol. The van der Waals surface area contributed by atoms with Crippen molar-refractivity contribution in [2.24, 2.45) is 0 Å². The number of carbonyl (C=O) groups is 2. The first-order valence-electron chi connectivity index (χ1n) is 4.07. The lowest BCUT2D eigenvalue weighted by Crippen LogP contribution is -2.06. The third kappa shape index (κ3) is 2.33. The maximum Gasteiger partial charge on any atom is 0.221 e. The zero-order valence-electron chi connectivity index (χ0n) is 7.93. The van der Waals surface area contributed by atoms with Gasteiger partial charge >= 0.3 is 0 Å². The molecule has 0 aliphatic rings. The first kappa shape index (κ1) is 10.7. The van der Waals surface area contributed by atoms with E-state index in [1.807, 2.05) is 0 Å². The Morgan fingerprint density at radius 3 is 2.64 bits per heavy atom. The average Bonchev–Trinajstić information content (AvgIpc) is 2.10. The van der Waals surface area contributed by atoms with E-state index in [0.717, 1.165) is 5.56 Å². The lowest BCUT2D eigenvalue weighted by atomic mass is 10.1. The van der Waals surface area contributed by atoms with E-state index >= 15 is 0 Å². The molecule has 0 aliphatic carbocycles. The van der Waals surface area contributed by atoms with E-state index in [1.165, 1.54) is 6.92 Å². The fourth-order valence-electron chi connectivity index (χ4n) is 1.10. The van der Waals surface area contributed by atoms with Gasteiger partial charge in [-0.05, 0) is 24.6 Å². The summed E-state index contributed by atoms with van der Waals surface area (Å²) >= 11 is 5.87. The summed E-state index contributed by atoms with van der Waals surface area (Å²) in [6, 6.07) is 3.21. The number of hydrogen-bond acceptors (Lipinski definition) is 2. The minimum absolute atomic E-state index is 0.193. The van der Waals surface area contributed by atoms with Crippen LogP contribution in [0.15, 0.2) is 12.1 Å². The Bertz CT molecular complexity index is 388. The van der Waals surface area contributed by atoms with E-state index in [9.17, 15) is 9.59 Å². The first-order valence-corrected chi connectivity index (χ1v) is 4.45. The first-order chi connectivity index (χ1) is 6.54. The van der Waals surface area contributed by atoms with Crippen molar-refractivity contribution >= 4 is 29.5 Å². The van der Waals surface area contributed by atoms with Crippen LogP contribution in [0.25, 0.3) is 0 Å². The lowest BCUT2D eigenvalue weighted by molar-refractivity contribution is -0.114. The molecule has 0 unspecified atom stereocenters. The van der Waals surface area contributed by atoms with Crippen molar-refractivity contribution in [1.82, 2.24) is 0 Å². The molecule has 1 aromatic carbocycles. The number of rotatable bonds is 2. The molecule has 0 fully saturated rings. The van der Waals surface area contributed by atoms with Gasteiger partial charge in [0.1, 0.15) is 6.29 Å². The molecule has 1 rings (SSSR count). The molecule has 0 saturated heterocycles. The zero-order valence-corrected chi connectivity index (χ0v) is 8.68. The van der Waals surface area contributed by atoms with Crippen molar-refractivity contribution in [2.45, 2.75) is 13.8 Å². The molecule has 1 amide bonds. The van der Waals surface area contributed by atoms with E-state index in [2.05, 4.69) is 5.32 Å². The molecule has 1 N–H and O–H groups in total. The molecule has 3 nitrogen and oxygen atoms in total. The number of halogens is 1. The topological polar surface area (TPSA) is 46.2 Å². The molecular formula is C10H10ClNO2. The van der Waals surface area contributed by atoms with E-state index in [4.69, 9.17) is 11.6 Å². The Morgan fingerprint density at radius 1 is 1.50 bits per heavy atom. The van der Waals surface area contributed by atoms with Crippen LogP contribution in [0.3, 0.4) is 0 Å². The monoisotopic (exact) mass is 211 g/mol. The third-order valence-corrected chi connectivity index (χ3v) is 2.22. The van der Waals surface area contributed by atoms with Crippen molar-refractivity contribution in [3.05, 3.63) is 28.3 Å². The molecule has 0 aliphatic heterocycles. The van der Waals surface area contributed by atoms with Gasteiger partial charge in [0.25, 0.3) is 0 Å². The summed E-state index contributed by atoms with van der Waals surface area (Å²) in [6.07, 6.45) is 0.715. The van der Waals surface area contributed by atoms with E-state index in [1.54, 1.807) is 19.1 Å². The van der Waals surface area contributed by atoms with Gasteiger partial charge in [0.05, 0.1) is 0 Å². The summed E-state index contributed by atoms with van der Waals surface area (Å²) in [5, 5.41) is 3.04. The molecule has 0 aromatic heterocycles. The summed E-state index contributed by atoms with van der Waals surface area (Å²) < 4.78 is 0. The van der Waals surface area contributed by atoms with Gasteiger partial charge in [-0.25, -0.2) is 0 Å². The highest BCUT2D eigenvalue weighted by Gasteiger charge is 2.05. The summed E-state index contributed by atoms with van der Waals surface area (Å²) in [5.74, 6) is -0.193. The highest BCUT2D eigenvalue weighted by molar-refractivity contribution is 6.32. The summed E-state index contributed by atoms with van der Waals surface area (Å²) in [5.41, 5.74) is 1.74. The molecule has 1 aromatic rings. The van der Waals surface area contributed by atoms with Gasteiger partial charge in [0, 0.05) is 23.2 Å². The van der Waals surface area contributed by atoms with Crippen LogP contribution in [0.4, 0.5) is 5.69 Å². The van der Waals surface area contributed by atoms with Crippen LogP contribution < -0.4 is 5.32 Å². The second-order valence-corrected chi connectivity index (χ2v) is 3.38. The minimum Gasteiger partial charge on any atom is -0.326 e. The maximum atomic E-state index is 10.8. The van der Waals surface area contributed by atoms with Gasteiger partial charge in [-0.1, -0.05) is 11.6 Å². The standard InChI is InChI=1S/C10H10ClNO2/c1-6-8(5-13)3-9(4-10(6)11)12-7(2)14/h3-5H,1-2H3,(H,12,14). The molecule has 74 valence electrons. The number of aldehydes is 1. The van der Waals surface area contributed by atoms with Crippen LogP contribution in [0, 0.1) is 6.92 Å². The fourth-order valence-corrected chi connectivity index (χ4v) is 1.32. The van der Waals surface area contributed by atoms with Crippen molar-refractivity contribution in [3.8, 4) is 0 Å². The maximum absolute atomic E-state index is 10.8. The van der Waals surface area contributed by atoms with Gasteiger partial charge in [-0.15, -0.1) is 0 Å².